The fraction of sp³-hybridized carbons (Fsp3) is 0.941. The molecule has 0 aromatic rings. The third-order valence-corrected chi connectivity index (χ3v) is 3.65. The highest BCUT2D eigenvalue weighted by molar-refractivity contribution is 5.77. The normalized spacial score (nSPS) is 16.5. The zero-order valence-electron chi connectivity index (χ0n) is 14.8. The molecule has 1 heterocycles. The van der Waals surface area contributed by atoms with Crippen molar-refractivity contribution in [1.82, 2.24) is 10.2 Å². The fourth-order valence-corrected chi connectivity index (χ4v) is 2.59. The van der Waals surface area contributed by atoms with Gasteiger partial charge in [0.05, 0.1) is 19.3 Å². The molecular weight excluding hydrogens is 264 g/mol. The predicted molar refractivity (Wildman–Crippen MR) is 89.5 cm³/mol. The monoisotopic (exact) mass is 300 g/mol. The fourth-order valence-electron chi connectivity index (χ4n) is 2.59. The molecule has 0 spiro atoms. The van der Waals surface area contributed by atoms with Crippen LogP contribution in [0.3, 0.4) is 0 Å². The first-order chi connectivity index (χ1) is 10.1. The van der Waals surface area contributed by atoms with Gasteiger partial charge in [-0.05, 0) is 45.7 Å². The molecule has 0 aliphatic carbocycles. The number of nitrogens with one attached hydrogen (secondary N) is 1. The van der Waals surface area contributed by atoms with Crippen LogP contribution in [0.15, 0.2) is 0 Å². The number of carbonyl (C=O) groups is 1. The molecule has 0 aromatic heterocycles. The Morgan fingerprint density at radius 3 is 2.43 bits per heavy atom. The maximum Gasteiger partial charge on any atom is 0.234 e. The highest BCUT2D eigenvalue weighted by Gasteiger charge is 2.19. The lowest BCUT2D eigenvalue weighted by molar-refractivity contribution is -0.122. The maximum absolute atomic E-state index is 11.8. The van der Waals surface area contributed by atoms with Crippen molar-refractivity contribution >= 4 is 5.91 Å². The third-order valence-electron chi connectivity index (χ3n) is 3.65. The minimum Gasteiger partial charge on any atom is -0.377 e. The standard InChI is InChI=1S/C15H30N2O2.C2H6/c1-4-5-14-6-9-17(10-7-14)12-15(18)16-8-11-19-13(2)3;1-2/h13-14H,4-12H2,1-3H3,(H,16,18);1-2H3. The zero-order chi connectivity index (χ0) is 16.1. The summed E-state index contributed by atoms with van der Waals surface area (Å²) in [5.74, 6) is 1.00. The molecule has 0 radical (unpaired) electrons. The van der Waals surface area contributed by atoms with Crippen molar-refractivity contribution in [3.63, 3.8) is 0 Å². The van der Waals surface area contributed by atoms with E-state index in [-0.39, 0.29) is 12.0 Å². The van der Waals surface area contributed by atoms with E-state index in [1.807, 2.05) is 27.7 Å². The van der Waals surface area contributed by atoms with Crippen molar-refractivity contribution in [2.45, 2.75) is 66.4 Å². The largest absolute Gasteiger partial charge is 0.377 e. The molecule has 0 unspecified atom stereocenters. The quantitative estimate of drug-likeness (QED) is 0.701. The lowest BCUT2D eigenvalue weighted by Crippen LogP contribution is -2.42. The van der Waals surface area contributed by atoms with E-state index in [0.717, 1.165) is 19.0 Å². The average Bonchev–Trinajstić information content (AvgIpc) is 2.48. The second kappa shape index (κ2) is 13.1. The van der Waals surface area contributed by atoms with E-state index in [4.69, 9.17) is 4.74 Å². The molecule has 4 heteroatoms. The van der Waals surface area contributed by atoms with Crippen LogP contribution in [-0.2, 0) is 9.53 Å². The van der Waals surface area contributed by atoms with Crippen molar-refractivity contribution in [3.8, 4) is 0 Å². The Morgan fingerprint density at radius 1 is 1.29 bits per heavy atom. The first-order valence-corrected chi connectivity index (χ1v) is 8.72. The minimum atomic E-state index is 0.126. The van der Waals surface area contributed by atoms with Crippen LogP contribution in [0.25, 0.3) is 0 Å². The molecule has 0 bridgehead atoms. The topological polar surface area (TPSA) is 41.6 Å². The van der Waals surface area contributed by atoms with Gasteiger partial charge in [0.15, 0.2) is 0 Å². The van der Waals surface area contributed by atoms with Crippen molar-refractivity contribution in [1.29, 1.82) is 0 Å². The average molecular weight is 300 g/mol. The first kappa shape index (κ1) is 20.4. The lowest BCUT2D eigenvalue weighted by Gasteiger charge is -2.31. The Bertz CT molecular complexity index is 249. The van der Waals surface area contributed by atoms with Crippen molar-refractivity contribution in [3.05, 3.63) is 0 Å². The number of rotatable bonds is 8. The molecule has 0 saturated carbocycles. The number of ether oxygens (including phenoxy) is 1. The van der Waals surface area contributed by atoms with Gasteiger partial charge in [0, 0.05) is 6.54 Å². The summed E-state index contributed by atoms with van der Waals surface area (Å²) < 4.78 is 5.39. The number of piperidine rings is 1. The molecule has 1 N–H and O–H groups in total. The van der Waals surface area contributed by atoms with E-state index < -0.39 is 0 Å². The van der Waals surface area contributed by atoms with E-state index in [0.29, 0.717) is 19.7 Å². The molecular formula is C17H36N2O2. The Labute approximate surface area is 131 Å². The van der Waals surface area contributed by atoms with Gasteiger partial charge in [-0.1, -0.05) is 33.6 Å². The molecule has 21 heavy (non-hydrogen) atoms. The first-order valence-electron chi connectivity index (χ1n) is 8.72. The molecule has 0 atom stereocenters. The summed E-state index contributed by atoms with van der Waals surface area (Å²) >= 11 is 0. The van der Waals surface area contributed by atoms with Crippen LogP contribution in [0.1, 0.15) is 60.3 Å². The summed E-state index contributed by atoms with van der Waals surface area (Å²) in [4.78, 5) is 14.0. The summed E-state index contributed by atoms with van der Waals surface area (Å²) in [7, 11) is 0. The van der Waals surface area contributed by atoms with Crippen LogP contribution in [0, 0.1) is 5.92 Å². The Morgan fingerprint density at radius 2 is 1.90 bits per heavy atom. The molecule has 1 rings (SSSR count). The van der Waals surface area contributed by atoms with Gasteiger partial charge < -0.3 is 10.1 Å². The van der Waals surface area contributed by atoms with E-state index in [1.54, 1.807) is 0 Å². The molecule has 1 aliphatic rings. The molecule has 4 nitrogen and oxygen atoms in total. The van der Waals surface area contributed by atoms with Crippen molar-refractivity contribution < 1.29 is 9.53 Å². The number of nitrogens with zero attached hydrogens (tertiary/aromatic N) is 1. The number of hydrogen-bond donors (Lipinski definition) is 1. The maximum atomic E-state index is 11.8. The van der Waals surface area contributed by atoms with Gasteiger partial charge in [0.2, 0.25) is 5.91 Å². The van der Waals surface area contributed by atoms with Crippen molar-refractivity contribution in [2.24, 2.45) is 5.92 Å². The SMILES string of the molecule is CC.CCCC1CCN(CC(=O)NCCOC(C)C)CC1. The van der Waals surface area contributed by atoms with Crippen LogP contribution in [-0.4, -0.2) is 49.7 Å². The Balaban J connectivity index is 0.00000191. The summed E-state index contributed by atoms with van der Waals surface area (Å²) in [6.45, 7) is 14.1. The number of amides is 1. The van der Waals surface area contributed by atoms with E-state index in [1.165, 1.54) is 25.7 Å². The van der Waals surface area contributed by atoms with Crippen LogP contribution >= 0.6 is 0 Å². The van der Waals surface area contributed by atoms with Gasteiger partial charge in [0.25, 0.3) is 0 Å². The second-order valence-electron chi connectivity index (χ2n) is 5.78. The molecule has 0 aromatic carbocycles. The minimum absolute atomic E-state index is 0.126. The van der Waals surface area contributed by atoms with Crippen LogP contribution in [0.5, 0.6) is 0 Å². The highest BCUT2D eigenvalue weighted by atomic mass is 16.5. The summed E-state index contributed by atoms with van der Waals surface area (Å²) in [5.41, 5.74) is 0. The van der Waals surface area contributed by atoms with Crippen LogP contribution in [0.4, 0.5) is 0 Å². The van der Waals surface area contributed by atoms with Crippen LogP contribution < -0.4 is 5.32 Å². The van der Waals surface area contributed by atoms with Gasteiger partial charge in [-0.15, -0.1) is 0 Å². The Kier molecular flexibility index (Phi) is 12.7. The zero-order valence-corrected chi connectivity index (χ0v) is 14.8. The molecule has 1 saturated heterocycles. The van der Waals surface area contributed by atoms with Gasteiger partial charge in [-0.25, -0.2) is 0 Å². The predicted octanol–water partition coefficient (Wildman–Crippen LogP) is 3.07. The lowest BCUT2D eigenvalue weighted by atomic mass is 9.92. The van der Waals surface area contributed by atoms with Crippen molar-refractivity contribution in [2.75, 3.05) is 32.8 Å². The molecule has 1 amide bonds. The number of carbonyl (C=O) groups excluding carboxylic acids is 1. The summed E-state index contributed by atoms with van der Waals surface area (Å²) in [6, 6.07) is 0. The second-order valence-corrected chi connectivity index (χ2v) is 5.78. The van der Waals surface area contributed by atoms with Crippen LogP contribution in [0.2, 0.25) is 0 Å². The van der Waals surface area contributed by atoms with E-state index >= 15 is 0 Å². The third kappa shape index (κ3) is 10.7. The number of likely N-dealkylation sites (tertiary alicyclic amines) is 1. The number of hydrogen-bond acceptors (Lipinski definition) is 3. The van der Waals surface area contributed by atoms with Gasteiger partial charge in [-0.2, -0.15) is 0 Å². The Hall–Kier alpha value is -0.610. The highest BCUT2D eigenvalue weighted by Crippen LogP contribution is 2.21. The van der Waals surface area contributed by atoms with Gasteiger partial charge in [-0.3, -0.25) is 9.69 Å². The molecule has 1 fully saturated rings. The van der Waals surface area contributed by atoms with Gasteiger partial charge >= 0.3 is 0 Å². The molecule has 1 aliphatic heterocycles. The smallest absolute Gasteiger partial charge is 0.234 e. The summed E-state index contributed by atoms with van der Waals surface area (Å²) in [6.07, 6.45) is 5.34. The molecule has 126 valence electrons. The van der Waals surface area contributed by atoms with Gasteiger partial charge in [0.1, 0.15) is 0 Å². The summed E-state index contributed by atoms with van der Waals surface area (Å²) in [5, 5.41) is 2.92. The van der Waals surface area contributed by atoms with E-state index in [2.05, 4.69) is 17.1 Å². The van der Waals surface area contributed by atoms with E-state index in [9.17, 15) is 4.79 Å².